The molecule has 0 bridgehead atoms. The molecule has 0 fully saturated rings. The quantitative estimate of drug-likeness (QED) is 0.368. The first-order valence-electron chi connectivity index (χ1n) is 2.38. The molecule has 1 rings (SSSR count). The van der Waals surface area contributed by atoms with E-state index < -0.39 is 0 Å². The monoisotopic (exact) mass is 171 g/mol. The standard InChI is InChI=1S/C5H2ClN3S/c6-5-4(9-3-10)1-7-2-8-5/h1-2H. The molecule has 0 aromatic carbocycles. The minimum Gasteiger partial charge on any atom is -0.242 e. The highest BCUT2D eigenvalue weighted by Gasteiger charge is 1.95. The number of hydrogen-bond acceptors (Lipinski definition) is 4. The molecule has 5 heteroatoms. The SMILES string of the molecule is S=C=Nc1cncnc1Cl. The predicted molar refractivity (Wildman–Crippen MR) is 41.7 cm³/mol. The van der Waals surface area contributed by atoms with Crippen LogP contribution in [0.15, 0.2) is 17.5 Å². The topological polar surface area (TPSA) is 38.1 Å². The highest BCUT2D eigenvalue weighted by atomic mass is 35.5. The Morgan fingerprint density at radius 2 is 2.50 bits per heavy atom. The van der Waals surface area contributed by atoms with Crippen molar-refractivity contribution in [3.8, 4) is 0 Å². The molecule has 0 aliphatic heterocycles. The van der Waals surface area contributed by atoms with Crippen molar-refractivity contribution in [1.29, 1.82) is 0 Å². The minimum atomic E-state index is 0.285. The van der Waals surface area contributed by atoms with E-state index in [1.54, 1.807) is 0 Å². The molecular weight excluding hydrogens is 170 g/mol. The van der Waals surface area contributed by atoms with Crippen LogP contribution in [0.2, 0.25) is 5.15 Å². The second-order valence-corrected chi connectivity index (χ2v) is 1.94. The molecule has 0 N–H and O–H groups in total. The van der Waals surface area contributed by atoms with Gasteiger partial charge in [0.15, 0.2) is 5.15 Å². The summed E-state index contributed by atoms with van der Waals surface area (Å²) in [5, 5.41) is 2.45. The largest absolute Gasteiger partial charge is 0.242 e. The van der Waals surface area contributed by atoms with E-state index in [1.165, 1.54) is 12.5 Å². The van der Waals surface area contributed by atoms with Crippen LogP contribution < -0.4 is 0 Å². The van der Waals surface area contributed by atoms with Crippen molar-refractivity contribution in [2.75, 3.05) is 0 Å². The number of aliphatic imine (C=N–C) groups is 1. The van der Waals surface area contributed by atoms with E-state index in [2.05, 4.69) is 32.3 Å². The van der Waals surface area contributed by atoms with E-state index in [0.717, 1.165) is 0 Å². The summed E-state index contributed by atoms with van der Waals surface area (Å²) in [6, 6.07) is 0. The molecule has 0 unspecified atom stereocenters. The lowest BCUT2D eigenvalue weighted by Crippen LogP contribution is -1.76. The Kier molecular flexibility index (Phi) is 2.45. The smallest absolute Gasteiger partial charge is 0.158 e. The average Bonchev–Trinajstić information content (AvgIpc) is 1.94. The van der Waals surface area contributed by atoms with E-state index in [-0.39, 0.29) is 5.15 Å². The van der Waals surface area contributed by atoms with Crippen LogP contribution in [0.1, 0.15) is 0 Å². The fourth-order valence-electron chi connectivity index (χ4n) is 0.432. The summed E-state index contributed by atoms with van der Waals surface area (Å²) in [7, 11) is 0. The summed E-state index contributed by atoms with van der Waals surface area (Å²) in [5.41, 5.74) is 0.444. The molecular formula is C5H2ClN3S. The number of halogens is 1. The highest BCUT2D eigenvalue weighted by Crippen LogP contribution is 2.18. The van der Waals surface area contributed by atoms with Crippen molar-refractivity contribution in [3.63, 3.8) is 0 Å². The Morgan fingerprint density at radius 1 is 1.70 bits per heavy atom. The Hall–Kier alpha value is -0.830. The maximum atomic E-state index is 5.57. The van der Waals surface area contributed by atoms with Gasteiger partial charge in [-0.3, -0.25) is 0 Å². The van der Waals surface area contributed by atoms with Crippen LogP contribution >= 0.6 is 23.8 Å². The zero-order valence-electron chi connectivity index (χ0n) is 4.78. The molecule has 0 radical (unpaired) electrons. The van der Waals surface area contributed by atoms with Crippen LogP contribution in [0.4, 0.5) is 5.69 Å². The van der Waals surface area contributed by atoms with Gasteiger partial charge in [-0.1, -0.05) is 11.6 Å². The van der Waals surface area contributed by atoms with Gasteiger partial charge < -0.3 is 0 Å². The van der Waals surface area contributed by atoms with Crippen LogP contribution in [-0.4, -0.2) is 15.1 Å². The first-order valence-corrected chi connectivity index (χ1v) is 3.16. The minimum absolute atomic E-state index is 0.285. The van der Waals surface area contributed by atoms with Crippen LogP contribution in [-0.2, 0) is 0 Å². The van der Waals surface area contributed by atoms with Crippen LogP contribution in [0.3, 0.4) is 0 Å². The Balaban J connectivity index is 3.14. The molecule has 1 aromatic rings. The number of aromatic nitrogens is 2. The van der Waals surface area contributed by atoms with Crippen molar-refractivity contribution in [3.05, 3.63) is 17.7 Å². The van der Waals surface area contributed by atoms with E-state index in [4.69, 9.17) is 11.6 Å². The third kappa shape index (κ3) is 1.57. The van der Waals surface area contributed by atoms with Gasteiger partial charge in [0.1, 0.15) is 12.0 Å². The van der Waals surface area contributed by atoms with Gasteiger partial charge in [-0.15, -0.1) is 0 Å². The Morgan fingerprint density at radius 3 is 3.10 bits per heavy atom. The molecule has 0 saturated heterocycles. The molecule has 0 spiro atoms. The van der Waals surface area contributed by atoms with Gasteiger partial charge in [-0.2, -0.15) is 4.99 Å². The molecule has 0 saturated carbocycles. The maximum absolute atomic E-state index is 5.57. The van der Waals surface area contributed by atoms with E-state index in [1.807, 2.05) is 0 Å². The fraction of sp³-hybridized carbons (Fsp3) is 0. The molecule has 50 valence electrons. The van der Waals surface area contributed by atoms with Crippen LogP contribution in [0.25, 0.3) is 0 Å². The third-order valence-electron chi connectivity index (χ3n) is 0.812. The highest BCUT2D eigenvalue weighted by molar-refractivity contribution is 7.78. The van der Waals surface area contributed by atoms with Crippen LogP contribution in [0, 0.1) is 0 Å². The van der Waals surface area contributed by atoms with Gasteiger partial charge in [0.05, 0.1) is 11.4 Å². The zero-order chi connectivity index (χ0) is 7.40. The van der Waals surface area contributed by atoms with Gasteiger partial charge in [0.25, 0.3) is 0 Å². The van der Waals surface area contributed by atoms with Crippen molar-refractivity contribution in [1.82, 2.24) is 9.97 Å². The first-order chi connectivity index (χ1) is 4.84. The lowest BCUT2D eigenvalue weighted by molar-refractivity contribution is 1.16. The summed E-state index contributed by atoms with van der Waals surface area (Å²) in [4.78, 5) is 11.0. The van der Waals surface area contributed by atoms with Gasteiger partial charge >= 0.3 is 0 Å². The molecule has 3 nitrogen and oxygen atoms in total. The molecule has 1 heterocycles. The lowest BCUT2D eigenvalue weighted by Gasteiger charge is -1.89. The number of thiocarbonyl (C=S) groups is 1. The summed E-state index contributed by atoms with van der Waals surface area (Å²) in [6.07, 6.45) is 2.80. The first kappa shape index (κ1) is 7.28. The summed E-state index contributed by atoms with van der Waals surface area (Å²) in [6.45, 7) is 0. The summed E-state index contributed by atoms with van der Waals surface area (Å²) < 4.78 is 0. The summed E-state index contributed by atoms with van der Waals surface area (Å²) in [5.74, 6) is 0. The third-order valence-corrected chi connectivity index (χ3v) is 1.19. The van der Waals surface area contributed by atoms with E-state index in [0.29, 0.717) is 5.69 Å². The molecule has 0 atom stereocenters. The fourth-order valence-corrected chi connectivity index (χ4v) is 0.665. The molecule has 0 aliphatic rings. The maximum Gasteiger partial charge on any atom is 0.158 e. The second-order valence-electron chi connectivity index (χ2n) is 1.40. The molecule has 0 amide bonds. The Labute approximate surface area is 67.8 Å². The zero-order valence-corrected chi connectivity index (χ0v) is 6.35. The average molecular weight is 172 g/mol. The number of rotatable bonds is 1. The van der Waals surface area contributed by atoms with Crippen LogP contribution in [0.5, 0.6) is 0 Å². The predicted octanol–water partition coefficient (Wildman–Crippen LogP) is 1.86. The number of hydrogen-bond donors (Lipinski definition) is 0. The van der Waals surface area contributed by atoms with Crippen molar-refractivity contribution >= 4 is 34.7 Å². The van der Waals surface area contributed by atoms with E-state index >= 15 is 0 Å². The Bertz CT molecular complexity index is 282. The second kappa shape index (κ2) is 3.37. The van der Waals surface area contributed by atoms with Crippen molar-refractivity contribution in [2.24, 2.45) is 4.99 Å². The molecule has 0 aliphatic carbocycles. The lowest BCUT2D eigenvalue weighted by atomic mass is 10.6. The molecule has 1 aromatic heterocycles. The van der Waals surface area contributed by atoms with Crippen molar-refractivity contribution < 1.29 is 0 Å². The normalized spacial score (nSPS) is 8.50. The molecule has 10 heavy (non-hydrogen) atoms. The van der Waals surface area contributed by atoms with Gasteiger partial charge in [-0.25, -0.2) is 9.97 Å². The number of nitrogens with zero attached hydrogens (tertiary/aromatic N) is 3. The van der Waals surface area contributed by atoms with Crippen molar-refractivity contribution in [2.45, 2.75) is 0 Å². The van der Waals surface area contributed by atoms with Gasteiger partial charge in [0, 0.05) is 0 Å². The number of isothiocyanates is 1. The van der Waals surface area contributed by atoms with Gasteiger partial charge in [0.2, 0.25) is 0 Å². The van der Waals surface area contributed by atoms with E-state index in [9.17, 15) is 0 Å². The summed E-state index contributed by atoms with van der Waals surface area (Å²) >= 11 is 9.93. The van der Waals surface area contributed by atoms with Gasteiger partial charge in [-0.05, 0) is 12.2 Å².